The first-order valence-electron chi connectivity index (χ1n) is 5.68. The van der Waals surface area contributed by atoms with Gasteiger partial charge in [0.2, 0.25) is 5.91 Å². The molecule has 0 aliphatic carbocycles. The first-order chi connectivity index (χ1) is 8.82. The Hall–Kier alpha value is -1.99. The van der Waals surface area contributed by atoms with Crippen LogP contribution in [0.1, 0.15) is 24.2 Å². The molecule has 0 saturated carbocycles. The summed E-state index contributed by atoms with van der Waals surface area (Å²) in [6, 6.07) is 4.22. The molecule has 7 nitrogen and oxygen atoms in total. The van der Waals surface area contributed by atoms with Crippen molar-refractivity contribution in [2.75, 3.05) is 6.54 Å². The van der Waals surface area contributed by atoms with E-state index < -0.39 is 17.1 Å². The van der Waals surface area contributed by atoms with E-state index in [9.17, 15) is 25.1 Å². The summed E-state index contributed by atoms with van der Waals surface area (Å²) in [5.74, 6) is -0.332. The van der Waals surface area contributed by atoms with E-state index in [0.717, 1.165) is 0 Å². The Morgan fingerprint density at radius 1 is 1.47 bits per heavy atom. The highest BCUT2D eigenvalue weighted by Gasteiger charge is 2.21. The molecule has 19 heavy (non-hydrogen) atoms. The maximum atomic E-state index is 10.8. The first-order valence-corrected chi connectivity index (χ1v) is 5.68. The molecule has 2 unspecified atom stereocenters. The van der Waals surface area contributed by atoms with Gasteiger partial charge in [-0.15, -0.1) is 0 Å². The average Bonchev–Trinajstić information content (AvgIpc) is 2.35. The minimum Gasteiger partial charge on any atom is -0.388 e. The van der Waals surface area contributed by atoms with Gasteiger partial charge in [-0.2, -0.15) is 0 Å². The van der Waals surface area contributed by atoms with Crippen LogP contribution >= 0.6 is 0 Å². The third-order valence-electron chi connectivity index (χ3n) is 2.70. The zero-order valence-electron chi connectivity index (χ0n) is 10.7. The highest BCUT2D eigenvalue weighted by atomic mass is 16.6. The molecule has 0 aliphatic heterocycles. The number of aliphatic hydroxyl groups excluding tert-OH is 2. The van der Waals surface area contributed by atoms with Crippen molar-refractivity contribution in [3.8, 4) is 0 Å². The molecule has 0 heterocycles. The van der Waals surface area contributed by atoms with E-state index in [-0.39, 0.29) is 23.7 Å². The zero-order chi connectivity index (χ0) is 14.6. The lowest BCUT2D eigenvalue weighted by Gasteiger charge is -2.18. The largest absolute Gasteiger partial charge is 0.388 e. The molecule has 1 amide bonds. The molecular formula is C12H16N2O5. The molecule has 104 valence electrons. The van der Waals surface area contributed by atoms with Crippen LogP contribution in [0.2, 0.25) is 0 Å². The van der Waals surface area contributed by atoms with Crippen molar-refractivity contribution in [1.82, 2.24) is 5.32 Å². The molecule has 1 rings (SSSR count). The molecule has 0 aromatic heterocycles. The summed E-state index contributed by atoms with van der Waals surface area (Å²) in [6.45, 7) is 2.75. The van der Waals surface area contributed by atoms with Crippen molar-refractivity contribution in [3.63, 3.8) is 0 Å². The first kappa shape index (κ1) is 15.1. The minimum atomic E-state index is -1.30. The van der Waals surface area contributed by atoms with E-state index in [2.05, 4.69) is 5.32 Å². The molecule has 1 aromatic rings. The van der Waals surface area contributed by atoms with E-state index >= 15 is 0 Å². The number of aliphatic hydroxyl groups is 2. The van der Waals surface area contributed by atoms with Crippen LogP contribution in [-0.4, -0.2) is 33.7 Å². The Bertz CT molecular complexity index is 489. The molecule has 1 aromatic carbocycles. The van der Waals surface area contributed by atoms with E-state index in [1.54, 1.807) is 6.92 Å². The van der Waals surface area contributed by atoms with Gasteiger partial charge in [-0.3, -0.25) is 14.9 Å². The summed E-state index contributed by atoms with van der Waals surface area (Å²) in [5.41, 5.74) is 0.579. The van der Waals surface area contributed by atoms with Gasteiger partial charge in [0, 0.05) is 25.1 Å². The van der Waals surface area contributed by atoms with Crippen molar-refractivity contribution in [1.29, 1.82) is 0 Å². The summed E-state index contributed by atoms with van der Waals surface area (Å²) in [5, 5.41) is 32.7. The molecule has 0 fully saturated rings. The van der Waals surface area contributed by atoms with Gasteiger partial charge in [-0.25, -0.2) is 0 Å². The Kier molecular flexibility index (Phi) is 4.96. The van der Waals surface area contributed by atoms with Crippen LogP contribution in [0.5, 0.6) is 0 Å². The molecule has 0 radical (unpaired) electrons. The number of hydrogen-bond donors (Lipinski definition) is 3. The van der Waals surface area contributed by atoms with Crippen molar-refractivity contribution < 1.29 is 19.9 Å². The molecular weight excluding hydrogens is 252 g/mol. The van der Waals surface area contributed by atoms with E-state index in [1.807, 2.05) is 0 Å². The fourth-order valence-corrected chi connectivity index (χ4v) is 1.59. The Labute approximate surface area is 110 Å². The van der Waals surface area contributed by atoms with E-state index in [4.69, 9.17) is 0 Å². The highest BCUT2D eigenvalue weighted by Crippen LogP contribution is 2.24. The average molecular weight is 268 g/mol. The summed E-state index contributed by atoms with van der Waals surface area (Å²) in [4.78, 5) is 20.9. The second-order valence-electron chi connectivity index (χ2n) is 4.25. The number of carbonyl (C=O) groups excluding carboxylic acids is 1. The highest BCUT2D eigenvalue weighted by molar-refractivity contribution is 5.72. The summed E-state index contributed by atoms with van der Waals surface area (Å²) >= 11 is 0. The van der Waals surface area contributed by atoms with Crippen molar-refractivity contribution in [2.45, 2.75) is 26.1 Å². The molecule has 2 atom stereocenters. The van der Waals surface area contributed by atoms with E-state index in [0.29, 0.717) is 5.56 Å². The van der Waals surface area contributed by atoms with E-state index in [1.165, 1.54) is 25.1 Å². The maximum absolute atomic E-state index is 10.8. The summed E-state index contributed by atoms with van der Waals surface area (Å²) < 4.78 is 0. The van der Waals surface area contributed by atoms with Gasteiger partial charge in [0.05, 0.1) is 4.92 Å². The van der Waals surface area contributed by atoms with Crippen molar-refractivity contribution in [2.24, 2.45) is 0 Å². The van der Waals surface area contributed by atoms with Gasteiger partial charge in [0.1, 0.15) is 12.2 Å². The molecule has 0 spiro atoms. The normalized spacial score (nSPS) is 13.7. The summed E-state index contributed by atoms with van der Waals surface area (Å²) in [6.07, 6.45) is -2.53. The zero-order valence-corrected chi connectivity index (χ0v) is 10.7. The Balaban J connectivity index is 2.87. The molecule has 3 N–H and O–H groups in total. The lowest BCUT2D eigenvalue weighted by atomic mass is 10.0. The summed E-state index contributed by atoms with van der Waals surface area (Å²) in [7, 11) is 0. The number of aryl methyl sites for hydroxylation is 1. The molecule has 0 bridgehead atoms. The number of nitro benzene ring substituents is 1. The minimum absolute atomic E-state index is 0.122. The molecule has 0 saturated heterocycles. The lowest BCUT2D eigenvalue weighted by molar-refractivity contribution is -0.385. The number of nitro groups is 1. The van der Waals surface area contributed by atoms with Gasteiger partial charge >= 0.3 is 0 Å². The maximum Gasteiger partial charge on any atom is 0.272 e. The number of nitrogens with zero attached hydrogens (tertiary/aromatic N) is 1. The van der Waals surface area contributed by atoms with Crippen LogP contribution in [-0.2, 0) is 4.79 Å². The van der Waals surface area contributed by atoms with Crippen LogP contribution in [0, 0.1) is 17.0 Å². The second kappa shape index (κ2) is 6.26. The predicted molar refractivity (Wildman–Crippen MR) is 67.5 cm³/mol. The van der Waals surface area contributed by atoms with Crippen LogP contribution in [0.25, 0.3) is 0 Å². The fourth-order valence-electron chi connectivity index (χ4n) is 1.59. The van der Waals surface area contributed by atoms with Crippen LogP contribution < -0.4 is 5.32 Å². The van der Waals surface area contributed by atoms with Crippen LogP contribution in [0.3, 0.4) is 0 Å². The number of nitrogens with one attached hydrogen (secondary N) is 1. The Morgan fingerprint density at radius 2 is 2.11 bits per heavy atom. The van der Waals surface area contributed by atoms with Crippen LogP contribution in [0.15, 0.2) is 18.2 Å². The third kappa shape index (κ3) is 4.01. The fraction of sp³-hybridized carbons (Fsp3) is 0.417. The topological polar surface area (TPSA) is 113 Å². The van der Waals surface area contributed by atoms with Crippen molar-refractivity contribution in [3.05, 3.63) is 39.4 Å². The quantitative estimate of drug-likeness (QED) is 0.529. The van der Waals surface area contributed by atoms with Crippen molar-refractivity contribution >= 4 is 11.6 Å². The monoisotopic (exact) mass is 268 g/mol. The number of amides is 1. The Morgan fingerprint density at radius 3 is 2.63 bits per heavy atom. The molecule has 0 aliphatic rings. The third-order valence-corrected chi connectivity index (χ3v) is 2.70. The van der Waals surface area contributed by atoms with Gasteiger partial charge in [0.15, 0.2) is 0 Å². The standard InChI is InChI=1S/C12H16N2O5/c1-7-3-4-9(5-10(7)14(18)19)12(17)11(16)6-13-8(2)15/h3-5,11-12,16-17H,6H2,1-2H3,(H,13,15). The number of hydrogen-bond acceptors (Lipinski definition) is 5. The second-order valence-corrected chi connectivity index (χ2v) is 4.25. The van der Waals surface area contributed by atoms with Crippen LogP contribution in [0.4, 0.5) is 5.69 Å². The van der Waals surface area contributed by atoms with Gasteiger partial charge in [-0.1, -0.05) is 12.1 Å². The van der Waals surface area contributed by atoms with Gasteiger partial charge < -0.3 is 15.5 Å². The van der Waals surface area contributed by atoms with Gasteiger partial charge in [-0.05, 0) is 12.5 Å². The smallest absolute Gasteiger partial charge is 0.272 e. The molecule has 7 heteroatoms. The van der Waals surface area contributed by atoms with Gasteiger partial charge in [0.25, 0.3) is 5.69 Å². The lowest BCUT2D eigenvalue weighted by Crippen LogP contribution is -2.34. The predicted octanol–water partition coefficient (Wildman–Crippen LogP) is 0.434. The number of carbonyl (C=O) groups is 1. The number of rotatable bonds is 5. The SMILES string of the molecule is CC(=O)NCC(O)C(O)c1ccc(C)c([N+](=O)[O-])c1. The number of benzene rings is 1.